The highest BCUT2D eigenvalue weighted by atomic mass is 19.3. The van der Waals surface area contributed by atoms with Gasteiger partial charge in [-0.25, -0.2) is 8.78 Å². The molecule has 0 spiro atoms. The van der Waals surface area contributed by atoms with Gasteiger partial charge in [0.15, 0.2) is 5.76 Å². The fourth-order valence-corrected chi connectivity index (χ4v) is 3.48. The highest BCUT2D eigenvalue weighted by molar-refractivity contribution is 6.53. The Balaban J connectivity index is 1.76. The molecule has 0 N–H and O–H groups in total. The largest absolute Gasteiger partial charge is 0.450 e. The van der Waals surface area contributed by atoms with Crippen LogP contribution >= 0.6 is 0 Å². The average molecular weight is 359 g/mol. The summed E-state index contributed by atoms with van der Waals surface area (Å²) in [4.78, 5) is 38.8. The van der Waals surface area contributed by atoms with E-state index in [-0.39, 0.29) is 41.3 Å². The number of fused-ring (bicyclic) bond motifs is 3. The van der Waals surface area contributed by atoms with Crippen molar-refractivity contribution in [3.63, 3.8) is 0 Å². The molecule has 2 heterocycles. The second-order valence-electron chi connectivity index (χ2n) is 6.61. The number of amides is 1. The number of halogens is 2. The zero-order valence-corrected chi connectivity index (χ0v) is 14.0. The van der Waals surface area contributed by atoms with Crippen LogP contribution < -0.4 is 0 Å². The molecule has 1 amide bonds. The molecule has 1 aromatic carbocycles. The molecule has 0 unspecified atom stereocenters. The first-order valence-corrected chi connectivity index (χ1v) is 8.29. The number of piperidine rings is 1. The summed E-state index contributed by atoms with van der Waals surface area (Å²) in [5.41, 5.74) is 1.05. The molecular weight excluding hydrogens is 344 g/mol. The van der Waals surface area contributed by atoms with E-state index in [4.69, 9.17) is 4.42 Å². The van der Waals surface area contributed by atoms with Crippen LogP contribution in [0.4, 0.5) is 8.78 Å². The number of hydrogen-bond donors (Lipinski definition) is 0. The molecule has 0 bridgehead atoms. The standard InChI is InChI=1S/C19H15F2NO4/c1-10-13-15(24)14(23)11-4-2-3-5-12(11)17(13)26-16(10)18(25)22-8-6-19(20,21)7-9-22/h2-5H,6-9H2,1H3. The number of hydrogen-bond acceptors (Lipinski definition) is 4. The van der Waals surface area contributed by atoms with E-state index in [0.29, 0.717) is 5.56 Å². The molecule has 0 radical (unpaired) electrons. The number of alkyl halides is 2. The second-order valence-corrected chi connectivity index (χ2v) is 6.61. The van der Waals surface area contributed by atoms with Crippen molar-refractivity contribution in [2.45, 2.75) is 25.7 Å². The number of carbonyl (C=O) groups excluding carboxylic acids is 3. The number of carbonyl (C=O) groups is 3. The van der Waals surface area contributed by atoms with Crippen LogP contribution in [0.5, 0.6) is 0 Å². The Morgan fingerprint density at radius 1 is 1.08 bits per heavy atom. The van der Waals surface area contributed by atoms with E-state index in [9.17, 15) is 23.2 Å². The summed E-state index contributed by atoms with van der Waals surface area (Å²) in [6.45, 7) is 1.37. The number of ketones is 2. The van der Waals surface area contributed by atoms with Crippen molar-refractivity contribution in [1.82, 2.24) is 4.90 Å². The van der Waals surface area contributed by atoms with Crippen molar-refractivity contribution < 1.29 is 27.6 Å². The lowest BCUT2D eigenvalue weighted by Gasteiger charge is -2.31. The maximum absolute atomic E-state index is 13.3. The van der Waals surface area contributed by atoms with E-state index in [1.54, 1.807) is 18.2 Å². The lowest BCUT2D eigenvalue weighted by molar-refractivity contribution is -0.0498. The number of furan rings is 1. The topological polar surface area (TPSA) is 67.6 Å². The van der Waals surface area contributed by atoms with Gasteiger partial charge in [-0.2, -0.15) is 0 Å². The third-order valence-corrected chi connectivity index (χ3v) is 4.97. The van der Waals surface area contributed by atoms with Crippen LogP contribution in [-0.2, 0) is 0 Å². The lowest BCUT2D eigenvalue weighted by atomic mass is 9.87. The Morgan fingerprint density at radius 2 is 1.69 bits per heavy atom. The normalized spacial score (nSPS) is 18.5. The van der Waals surface area contributed by atoms with Crippen molar-refractivity contribution in [1.29, 1.82) is 0 Å². The molecule has 0 atom stereocenters. The monoisotopic (exact) mass is 359 g/mol. The zero-order valence-electron chi connectivity index (χ0n) is 14.0. The number of rotatable bonds is 1. The molecule has 1 saturated heterocycles. The predicted molar refractivity (Wildman–Crippen MR) is 87.6 cm³/mol. The SMILES string of the molecule is Cc1c(C(=O)N2CCC(F)(F)CC2)oc2c1C(=O)C(=O)c1ccccc1-2. The Kier molecular flexibility index (Phi) is 3.57. The van der Waals surface area contributed by atoms with Gasteiger partial charge in [-0.1, -0.05) is 24.3 Å². The van der Waals surface area contributed by atoms with Gasteiger partial charge in [0.2, 0.25) is 11.6 Å². The van der Waals surface area contributed by atoms with Crippen molar-refractivity contribution in [3.8, 4) is 11.3 Å². The van der Waals surface area contributed by atoms with E-state index in [1.807, 2.05) is 0 Å². The van der Waals surface area contributed by atoms with Gasteiger partial charge in [0.05, 0.1) is 5.56 Å². The first kappa shape index (κ1) is 16.6. The van der Waals surface area contributed by atoms with Crippen LogP contribution in [0.25, 0.3) is 11.3 Å². The van der Waals surface area contributed by atoms with E-state index in [0.717, 1.165) is 0 Å². The minimum Gasteiger partial charge on any atom is -0.450 e. The van der Waals surface area contributed by atoms with Crippen molar-refractivity contribution in [2.75, 3.05) is 13.1 Å². The number of likely N-dealkylation sites (tertiary alicyclic amines) is 1. The Bertz CT molecular complexity index is 950. The molecule has 1 aromatic heterocycles. The zero-order chi connectivity index (χ0) is 18.6. The summed E-state index contributed by atoms with van der Waals surface area (Å²) < 4.78 is 32.3. The van der Waals surface area contributed by atoms with Gasteiger partial charge in [0.25, 0.3) is 11.8 Å². The van der Waals surface area contributed by atoms with Gasteiger partial charge in [-0.05, 0) is 6.92 Å². The highest BCUT2D eigenvalue weighted by Gasteiger charge is 2.40. The molecule has 4 rings (SSSR count). The first-order chi connectivity index (χ1) is 12.3. The fourth-order valence-electron chi connectivity index (χ4n) is 3.48. The summed E-state index contributed by atoms with van der Waals surface area (Å²) in [6.07, 6.45) is -0.809. The number of nitrogens with zero attached hydrogens (tertiary/aromatic N) is 1. The summed E-state index contributed by atoms with van der Waals surface area (Å²) in [5.74, 6) is -4.55. The van der Waals surface area contributed by atoms with Crippen LogP contribution in [-0.4, -0.2) is 41.4 Å². The molecule has 7 heteroatoms. The van der Waals surface area contributed by atoms with E-state index >= 15 is 0 Å². The minimum absolute atomic E-state index is 0.0712. The van der Waals surface area contributed by atoms with Crippen LogP contribution in [0.3, 0.4) is 0 Å². The van der Waals surface area contributed by atoms with Crippen LogP contribution in [0.2, 0.25) is 0 Å². The molecule has 1 fully saturated rings. The van der Waals surface area contributed by atoms with Crippen molar-refractivity contribution in [2.24, 2.45) is 0 Å². The summed E-state index contributed by atoms with van der Waals surface area (Å²) in [5, 5.41) is 0. The first-order valence-electron chi connectivity index (χ1n) is 8.29. The van der Waals surface area contributed by atoms with Gasteiger partial charge in [-0.3, -0.25) is 14.4 Å². The second kappa shape index (κ2) is 5.59. The van der Waals surface area contributed by atoms with Gasteiger partial charge in [0.1, 0.15) is 5.76 Å². The van der Waals surface area contributed by atoms with E-state index in [2.05, 4.69) is 0 Å². The molecule has 2 aromatic rings. The summed E-state index contributed by atoms with van der Waals surface area (Å²) in [7, 11) is 0. The fraction of sp³-hybridized carbons (Fsp3) is 0.316. The van der Waals surface area contributed by atoms with Gasteiger partial charge < -0.3 is 9.32 Å². The molecule has 1 aliphatic carbocycles. The number of benzene rings is 1. The minimum atomic E-state index is -2.77. The van der Waals surface area contributed by atoms with Crippen LogP contribution in [0.15, 0.2) is 28.7 Å². The number of Topliss-reactive ketones (excluding diaryl/α,β-unsaturated/α-hetero) is 2. The van der Waals surface area contributed by atoms with Gasteiger partial charge >= 0.3 is 0 Å². The molecule has 1 aliphatic heterocycles. The summed E-state index contributed by atoms with van der Waals surface area (Å²) >= 11 is 0. The maximum atomic E-state index is 13.3. The lowest BCUT2D eigenvalue weighted by Crippen LogP contribution is -2.42. The molecule has 26 heavy (non-hydrogen) atoms. The smallest absolute Gasteiger partial charge is 0.289 e. The molecule has 134 valence electrons. The quantitative estimate of drug-likeness (QED) is 0.731. The van der Waals surface area contributed by atoms with Crippen molar-refractivity contribution >= 4 is 17.5 Å². The van der Waals surface area contributed by atoms with Crippen molar-refractivity contribution in [3.05, 3.63) is 46.7 Å². The van der Waals surface area contributed by atoms with Gasteiger partial charge in [0, 0.05) is 42.6 Å². The third-order valence-electron chi connectivity index (χ3n) is 4.97. The van der Waals surface area contributed by atoms with Gasteiger partial charge in [-0.15, -0.1) is 0 Å². The molecule has 0 saturated carbocycles. The third kappa shape index (κ3) is 2.38. The Morgan fingerprint density at radius 3 is 2.35 bits per heavy atom. The van der Waals surface area contributed by atoms with Crippen LogP contribution in [0.1, 0.15) is 49.7 Å². The maximum Gasteiger partial charge on any atom is 0.289 e. The Hall–Kier alpha value is -2.83. The summed E-state index contributed by atoms with van der Waals surface area (Å²) in [6, 6.07) is 6.53. The highest BCUT2D eigenvalue weighted by Crippen LogP contribution is 2.39. The molecular formula is C19H15F2NO4. The van der Waals surface area contributed by atoms with Crippen LogP contribution in [0, 0.1) is 6.92 Å². The molecule has 5 nitrogen and oxygen atoms in total. The van der Waals surface area contributed by atoms with E-state index in [1.165, 1.54) is 17.9 Å². The Labute approximate surface area is 147 Å². The predicted octanol–water partition coefficient (Wildman–Crippen LogP) is 3.51. The molecule has 2 aliphatic rings. The van der Waals surface area contributed by atoms with E-state index < -0.39 is 36.2 Å². The average Bonchev–Trinajstić information content (AvgIpc) is 2.97.